The molecular weight excluding hydrogens is 338 g/mol. The second-order valence-corrected chi connectivity index (χ2v) is 7.60. The van der Waals surface area contributed by atoms with Gasteiger partial charge in [0.1, 0.15) is 0 Å². The van der Waals surface area contributed by atoms with Gasteiger partial charge in [0.15, 0.2) is 0 Å². The van der Waals surface area contributed by atoms with Crippen molar-refractivity contribution in [2.45, 2.75) is 45.6 Å². The molecular formula is C22H25N3O2. The molecule has 0 atom stereocenters. The zero-order valence-electron chi connectivity index (χ0n) is 16.0. The van der Waals surface area contributed by atoms with Crippen LogP contribution in [0.25, 0.3) is 11.4 Å². The Morgan fingerprint density at radius 2 is 1.74 bits per heavy atom. The van der Waals surface area contributed by atoms with Crippen LogP contribution >= 0.6 is 0 Å². The van der Waals surface area contributed by atoms with Gasteiger partial charge in [-0.1, -0.05) is 80.5 Å². The van der Waals surface area contributed by atoms with Gasteiger partial charge in [-0.05, 0) is 23.0 Å². The van der Waals surface area contributed by atoms with Crippen LogP contribution in [0.4, 0.5) is 0 Å². The van der Waals surface area contributed by atoms with Crippen molar-refractivity contribution in [2.75, 3.05) is 0 Å². The first-order valence-electron chi connectivity index (χ1n) is 9.16. The molecule has 0 unspecified atom stereocenters. The zero-order valence-corrected chi connectivity index (χ0v) is 16.0. The van der Waals surface area contributed by atoms with Crippen molar-refractivity contribution >= 4 is 5.91 Å². The molecule has 0 saturated heterocycles. The van der Waals surface area contributed by atoms with E-state index < -0.39 is 0 Å². The summed E-state index contributed by atoms with van der Waals surface area (Å²) < 4.78 is 5.20. The molecule has 1 aromatic heterocycles. The Kier molecular flexibility index (Phi) is 5.69. The number of aromatic nitrogens is 2. The van der Waals surface area contributed by atoms with Gasteiger partial charge in [-0.2, -0.15) is 4.98 Å². The molecule has 0 aliphatic heterocycles. The number of benzene rings is 2. The third-order valence-electron chi connectivity index (χ3n) is 4.40. The highest BCUT2D eigenvalue weighted by Crippen LogP contribution is 2.22. The first-order valence-corrected chi connectivity index (χ1v) is 9.16. The molecule has 3 aromatic rings. The molecule has 0 fully saturated rings. The van der Waals surface area contributed by atoms with Crippen molar-refractivity contribution in [2.24, 2.45) is 0 Å². The van der Waals surface area contributed by atoms with E-state index in [1.807, 2.05) is 30.3 Å². The number of amides is 1. The molecule has 0 radical (unpaired) electrons. The van der Waals surface area contributed by atoms with E-state index in [1.165, 1.54) is 5.56 Å². The summed E-state index contributed by atoms with van der Waals surface area (Å²) in [7, 11) is 0. The van der Waals surface area contributed by atoms with Crippen LogP contribution in [0, 0.1) is 0 Å². The van der Waals surface area contributed by atoms with Crippen molar-refractivity contribution in [1.82, 2.24) is 15.5 Å². The molecule has 0 spiro atoms. The molecule has 3 rings (SSSR count). The maximum Gasteiger partial charge on any atom is 0.246 e. The van der Waals surface area contributed by atoms with Crippen LogP contribution in [0.15, 0.2) is 59.1 Å². The summed E-state index contributed by atoms with van der Waals surface area (Å²) in [6, 6.07) is 18.1. The van der Waals surface area contributed by atoms with Gasteiger partial charge in [-0.25, -0.2) is 0 Å². The standard InChI is InChI=1S/C22H25N3O2/c1-22(2,3)18-12-9-16(10-13-18)11-14-19(26)23-15-20-24-21(25-27-20)17-7-5-4-6-8-17/h4-10,12-13H,11,14-15H2,1-3H3,(H,23,26). The molecule has 140 valence electrons. The number of aryl methyl sites for hydroxylation is 1. The van der Waals surface area contributed by atoms with E-state index in [0.29, 0.717) is 24.6 Å². The van der Waals surface area contributed by atoms with Crippen molar-refractivity contribution in [1.29, 1.82) is 0 Å². The summed E-state index contributed by atoms with van der Waals surface area (Å²) in [6.45, 7) is 6.81. The molecule has 0 aliphatic carbocycles. The van der Waals surface area contributed by atoms with E-state index in [0.717, 1.165) is 11.1 Å². The molecule has 1 amide bonds. The Morgan fingerprint density at radius 3 is 2.41 bits per heavy atom. The molecule has 1 heterocycles. The lowest BCUT2D eigenvalue weighted by atomic mass is 9.86. The predicted octanol–water partition coefficient (Wildman–Crippen LogP) is 4.28. The molecule has 0 aliphatic rings. The fraction of sp³-hybridized carbons (Fsp3) is 0.318. The summed E-state index contributed by atoms with van der Waals surface area (Å²) in [5, 5.41) is 6.78. The third-order valence-corrected chi connectivity index (χ3v) is 4.40. The lowest BCUT2D eigenvalue weighted by Gasteiger charge is -2.19. The van der Waals surface area contributed by atoms with E-state index >= 15 is 0 Å². The predicted molar refractivity (Wildman–Crippen MR) is 105 cm³/mol. The van der Waals surface area contributed by atoms with Crippen LogP contribution in [0.3, 0.4) is 0 Å². The zero-order chi connectivity index (χ0) is 19.3. The van der Waals surface area contributed by atoms with Gasteiger partial charge in [-0.15, -0.1) is 0 Å². The minimum absolute atomic E-state index is 0.0330. The highest BCUT2D eigenvalue weighted by molar-refractivity contribution is 5.76. The fourth-order valence-electron chi connectivity index (χ4n) is 2.72. The molecule has 0 saturated carbocycles. The summed E-state index contributed by atoms with van der Waals surface area (Å²) >= 11 is 0. The number of rotatable bonds is 6. The quantitative estimate of drug-likeness (QED) is 0.710. The van der Waals surface area contributed by atoms with Crippen LogP contribution < -0.4 is 5.32 Å². The van der Waals surface area contributed by atoms with Crippen LogP contribution in [0.2, 0.25) is 0 Å². The van der Waals surface area contributed by atoms with Gasteiger partial charge >= 0.3 is 0 Å². The van der Waals surface area contributed by atoms with Crippen LogP contribution in [-0.4, -0.2) is 16.0 Å². The number of nitrogens with zero attached hydrogens (tertiary/aromatic N) is 2. The van der Waals surface area contributed by atoms with Gasteiger partial charge < -0.3 is 9.84 Å². The van der Waals surface area contributed by atoms with E-state index in [9.17, 15) is 4.79 Å². The normalized spacial score (nSPS) is 11.4. The Morgan fingerprint density at radius 1 is 1.04 bits per heavy atom. The average molecular weight is 363 g/mol. The molecule has 5 heteroatoms. The Bertz CT molecular complexity index is 878. The SMILES string of the molecule is CC(C)(C)c1ccc(CCC(=O)NCc2nc(-c3ccccc3)no2)cc1. The topological polar surface area (TPSA) is 68.0 Å². The van der Waals surface area contributed by atoms with Crippen molar-refractivity contribution < 1.29 is 9.32 Å². The van der Waals surface area contributed by atoms with E-state index in [2.05, 4.69) is 60.5 Å². The van der Waals surface area contributed by atoms with Crippen LogP contribution in [0.1, 0.15) is 44.2 Å². The monoisotopic (exact) mass is 363 g/mol. The van der Waals surface area contributed by atoms with Crippen molar-refractivity contribution in [3.05, 3.63) is 71.6 Å². The van der Waals surface area contributed by atoms with Crippen LogP contribution in [0.5, 0.6) is 0 Å². The Labute approximate surface area is 159 Å². The largest absolute Gasteiger partial charge is 0.347 e. The summed E-state index contributed by atoms with van der Waals surface area (Å²) in [5.41, 5.74) is 3.47. The minimum atomic E-state index is -0.0330. The van der Waals surface area contributed by atoms with Crippen LogP contribution in [-0.2, 0) is 23.2 Å². The third kappa shape index (κ3) is 5.26. The number of carbonyl (C=O) groups is 1. The smallest absolute Gasteiger partial charge is 0.246 e. The lowest BCUT2D eigenvalue weighted by molar-refractivity contribution is -0.121. The maximum atomic E-state index is 12.1. The first-order chi connectivity index (χ1) is 12.9. The molecule has 5 nitrogen and oxygen atoms in total. The summed E-state index contributed by atoms with van der Waals surface area (Å²) in [5.74, 6) is 0.893. The Balaban J connectivity index is 1.47. The van der Waals surface area contributed by atoms with Gasteiger partial charge in [-0.3, -0.25) is 4.79 Å². The van der Waals surface area contributed by atoms with Gasteiger partial charge in [0.05, 0.1) is 6.54 Å². The molecule has 0 bridgehead atoms. The summed E-state index contributed by atoms with van der Waals surface area (Å²) in [6.07, 6.45) is 1.13. The lowest BCUT2D eigenvalue weighted by Crippen LogP contribution is -2.23. The van der Waals surface area contributed by atoms with E-state index in [4.69, 9.17) is 4.52 Å². The Hall–Kier alpha value is -2.95. The minimum Gasteiger partial charge on any atom is -0.347 e. The molecule has 2 aromatic carbocycles. The molecule has 27 heavy (non-hydrogen) atoms. The number of hydrogen-bond acceptors (Lipinski definition) is 4. The summed E-state index contributed by atoms with van der Waals surface area (Å²) in [4.78, 5) is 16.4. The highest BCUT2D eigenvalue weighted by Gasteiger charge is 2.13. The van der Waals surface area contributed by atoms with E-state index in [-0.39, 0.29) is 17.9 Å². The first kappa shape index (κ1) is 18.8. The average Bonchev–Trinajstić information content (AvgIpc) is 3.14. The van der Waals surface area contributed by atoms with Gasteiger partial charge in [0.25, 0.3) is 0 Å². The highest BCUT2D eigenvalue weighted by atomic mass is 16.5. The van der Waals surface area contributed by atoms with E-state index in [1.54, 1.807) is 0 Å². The van der Waals surface area contributed by atoms with Gasteiger partial charge in [0.2, 0.25) is 17.6 Å². The fourth-order valence-corrected chi connectivity index (χ4v) is 2.72. The second-order valence-electron chi connectivity index (χ2n) is 7.60. The maximum absolute atomic E-state index is 12.1. The number of carbonyl (C=O) groups excluding carboxylic acids is 1. The van der Waals surface area contributed by atoms with Crippen molar-refractivity contribution in [3.63, 3.8) is 0 Å². The second kappa shape index (κ2) is 8.16. The van der Waals surface area contributed by atoms with Crippen molar-refractivity contribution in [3.8, 4) is 11.4 Å². The molecule has 1 N–H and O–H groups in total. The van der Waals surface area contributed by atoms with Gasteiger partial charge in [0, 0.05) is 12.0 Å². The number of hydrogen-bond donors (Lipinski definition) is 1. The number of nitrogens with one attached hydrogen (secondary N) is 1.